The number of aliphatic imine (C=N–C) groups is 1. The molecule has 0 aliphatic carbocycles. The molecule has 1 aliphatic heterocycles. The van der Waals surface area contributed by atoms with E-state index in [-0.39, 0.29) is 11.5 Å². The van der Waals surface area contributed by atoms with Gasteiger partial charge in [0.05, 0.1) is 38.6 Å². The van der Waals surface area contributed by atoms with Gasteiger partial charge in [-0.1, -0.05) is 12.6 Å². The highest BCUT2D eigenvalue weighted by Gasteiger charge is 2.35. The van der Waals surface area contributed by atoms with Gasteiger partial charge >= 0.3 is 0 Å². The van der Waals surface area contributed by atoms with Crippen LogP contribution in [0.4, 0.5) is 0 Å². The number of thioether (sulfide) groups is 1. The number of aliphatic hydroxyl groups is 1. The van der Waals surface area contributed by atoms with Crippen LogP contribution in [-0.4, -0.2) is 73.3 Å². The molecule has 0 spiro atoms. The van der Waals surface area contributed by atoms with Crippen LogP contribution < -0.4 is 4.74 Å². The van der Waals surface area contributed by atoms with Crippen LogP contribution in [0.1, 0.15) is 12.5 Å². The Balaban J connectivity index is 1.83. The van der Waals surface area contributed by atoms with Crippen LogP contribution in [0.25, 0.3) is 0 Å². The number of ether oxygens (including phenoxy) is 4. The van der Waals surface area contributed by atoms with Gasteiger partial charge in [0.2, 0.25) is 0 Å². The third-order valence-electron chi connectivity index (χ3n) is 3.98. The zero-order valence-corrected chi connectivity index (χ0v) is 16.6. The van der Waals surface area contributed by atoms with Crippen molar-refractivity contribution in [2.75, 3.05) is 52.5 Å². The summed E-state index contributed by atoms with van der Waals surface area (Å²) >= 11 is 1.46. The number of rotatable bonds is 12. The van der Waals surface area contributed by atoms with E-state index < -0.39 is 5.54 Å². The van der Waals surface area contributed by atoms with Crippen molar-refractivity contribution in [2.24, 2.45) is 4.99 Å². The van der Waals surface area contributed by atoms with Crippen molar-refractivity contribution < 1.29 is 29.2 Å². The molecule has 0 saturated heterocycles. The summed E-state index contributed by atoms with van der Waals surface area (Å²) in [5.41, 5.74) is -0.155. The van der Waals surface area contributed by atoms with Crippen molar-refractivity contribution in [3.05, 3.63) is 36.1 Å². The number of benzene rings is 1. The summed E-state index contributed by atoms with van der Waals surface area (Å²) in [7, 11) is 1.63. The lowest BCUT2D eigenvalue weighted by Gasteiger charge is -2.16. The van der Waals surface area contributed by atoms with Gasteiger partial charge in [-0.3, -0.25) is 4.99 Å². The molecule has 1 heterocycles. The number of aliphatic hydroxyl groups excluding tert-OH is 1. The van der Waals surface area contributed by atoms with E-state index >= 15 is 0 Å². The van der Waals surface area contributed by atoms with Gasteiger partial charge in [0.25, 0.3) is 0 Å². The Morgan fingerprint density at radius 3 is 2.48 bits per heavy atom. The Morgan fingerprint density at radius 2 is 1.85 bits per heavy atom. The molecule has 1 aliphatic rings. The van der Waals surface area contributed by atoms with Crippen molar-refractivity contribution in [1.82, 2.24) is 0 Å². The largest absolute Gasteiger partial charge is 0.510 e. The average Bonchev–Trinajstić information content (AvgIpc) is 3.05. The maximum atomic E-state index is 10.5. The van der Waals surface area contributed by atoms with E-state index in [1.807, 2.05) is 6.92 Å². The molecule has 0 amide bonds. The monoisotopic (exact) mass is 397 g/mol. The first-order valence-electron chi connectivity index (χ1n) is 8.68. The van der Waals surface area contributed by atoms with Gasteiger partial charge in [-0.15, -0.1) is 11.8 Å². The number of phenols is 1. The molecule has 1 aromatic rings. The molecule has 0 bridgehead atoms. The number of hydrogen-bond acceptors (Lipinski definition) is 8. The summed E-state index contributed by atoms with van der Waals surface area (Å²) in [5.74, 6) is 0.981. The highest BCUT2D eigenvalue weighted by Crippen LogP contribution is 2.39. The lowest BCUT2D eigenvalue weighted by Crippen LogP contribution is -2.24. The van der Waals surface area contributed by atoms with E-state index in [1.165, 1.54) is 11.8 Å². The molecule has 0 unspecified atom stereocenters. The predicted molar refractivity (Wildman–Crippen MR) is 106 cm³/mol. The minimum Gasteiger partial charge on any atom is -0.510 e. The van der Waals surface area contributed by atoms with E-state index in [0.717, 1.165) is 0 Å². The zero-order chi connectivity index (χ0) is 19.7. The summed E-state index contributed by atoms with van der Waals surface area (Å²) in [4.78, 5) is 4.51. The summed E-state index contributed by atoms with van der Waals surface area (Å²) < 4.78 is 21.2. The van der Waals surface area contributed by atoms with Crippen LogP contribution in [0.3, 0.4) is 0 Å². The molecule has 8 heteroatoms. The standard InChI is InChI=1S/C19H27NO6S/c1-14(21)19(2)13-27-18(20-19)15-5-4-6-16(17(15)22)26-12-11-25-10-9-24-8-7-23-3/h4-6,21-22H,1,7-13H2,2-3H3/t19-/m1/s1. The number of phenolic OH excluding ortho intramolecular Hbond substituents is 1. The molecule has 1 atom stereocenters. The highest BCUT2D eigenvalue weighted by molar-refractivity contribution is 8.14. The SMILES string of the molecule is C=C(O)[C@@]1(C)CSC(c2cccc(OCCOCCOCCOC)c2O)=N1. The molecule has 150 valence electrons. The fourth-order valence-electron chi connectivity index (χ4n) is 2.27. The topological polar surface area (TPSA) is 89.7 Å². The van der Waals surface area contributed by atoms with Gasteiger partial charge in [0, 0.05) is 12.9 Å². The van der Waals surface area contributed by atoms with Crippen LogP contribution >= 0.6 is 11.8 Å². The molecular weight excluding hydrogens is 370 g/mol. The van der Waals surface area contributed by atoms with Gasteiger partial charge in [-0.05, 0) is 19.1 Å². The number of aromatic hydroxyl groups is 1. The smallest absolute Gasteiger partial charge is 0.167 e. The first-order chi connectivity index (χ1) is 13.0. The molecule has 0 fully saturated rings. The van der Waals surface area contributed by atoms with Gasteiger partial charge in [-0.2, -0.15) is 0 Å². The minimum atomic E-state index is -0.734. The second-order valence-electron chi connectivity index (χ2n) is 6.14. The van der Waals surface area contributed by atoms with E-state index in [4.69, 9.17) is 18.9 Å². The average molecular weight is 397 g/mol. The molecule has 0 aromatic heterocycles. The van der Waals surface area contributed by atoms with Crippen LogP contribution in [0.2, 0.25) is 0 Å². The van der Waals surface area contributed by atoms with Gasteiger partial charge in [0.15, 0.2) is 11.5 Å². The number of para-hydroxylation sites is 1. The van der Waals surface area contributed by atoms with Crippen LogP contribution in [-0.2, 0) is 14.2 Å². The minimum absolute atomic E-state index is 0.0141. The molecule has 0 radical (unpaired) electrons. The molecule has 1 aromatic carbocycles. The first kappa shape index (κ1) is 21.6. The summed E-state index contributed by atoms with van der Waals surface area (Å²) in [6.07, 6.45) is 0. The Bertz CT molecular complexity index is 666. The quantitative estimate of drug-likeness (QED) is 0.414. The summed E-state index contributed by atoms with van der Waals surface area (Å²) in [6.45, 7) is 8.15. The lowest BCUT2D eigenvalue weighted by atomic mass is 10.0. The van der Waals surface area contributed by atoms with E-state index in [0.29, 0.717) is 61.8 Å². The van der Waals surface area contributed by atoms with Gasteiger partial charge < -0.3 is 29.2 Å². The van der Waals surface area contributed by atoms with Crippen molar-refractivity contribution >= 4 is 16.8 Å². The van der Waals surface area contributed by atoms with E-state index in [1.54, 1.807) is 25.3 Å². The summed E-state index contributed by atoms with van der Waals surface area (Å²) in [5, 5.41) is 20.9. The van der Waals surface area contributed by atoms with Gasteiger partial charge in [0.1, 0.15) is 22.9 Å². The Labute approximate surface area is 164 Å². The Morgan fingerprint density at radius 1 is 1.19 bits per heavy atom. The maximum absolute atomic E-state index is 10.5. The second-order valence-corrected chi connectivity index (χ2v) is 7.11. The van der Waals surface area contributed by atoms with Crippen LogP contribution in [0.5, 0.6) is 11.5 Å². The van der Waals surface area contributed by atoms with E-state index in [2.05, 4.69) is 11.6 Å². The van der Waals surface area contributed by atoms with Crippen LogP contribution in [0.15, 0.2) is 35.5 Å². The fourth-order valence-corrected chi connectivity index (χ4v) is 3.50. The Kier molecular flexibility index (Phi) is 8.43. The molecular formula is C19H27NO6S. The molecule has 27 heavy (non-hydrogen) atoms. The second kappa shape index (κ2) is 10.6. The molecule has 2 N–H and O–H groups in total. The van der Waals surface area contributed by atoms with Crippen molar-refractivity contribution in [3.8, 4) is 11.5 Å². The Hall–Kier alpha value is -1.74. The van der Waals surface area contributed by atoms with Gasteiger partial charge in [-0.25, -0.2) is 0 Å². The predicted octanol–water partition coefficient (Wildman–Crippen LogP) is 2.77. The number of nitrogens with zero attached hydrogens (tertiary/aromatic N) is 1. The zero-order valence-electron chi connectivity index (χ0n) is 15.8. The third-order valence-corrected chi connectivity index (χ3v) is 5.27. The van der Waals surface area contributed by atoms with Crippen molar-refractivity contribution in [1.29, 1.82) is 0 Å². The molecule has 2 rings (SSSR count). The normalized spacial score (nSPS) is 19.1. The maximum Gasteiger partial charge on any atom is 0.167 e. The fraction of sp³-hybridized carbons (Fsp3) is 0.526. The lowest BCUT2D eigenvalue weighted by molar-refractivity contribution is 0.0178. The number of methoxy groups -OCH3 is 1. The first-order valence-corrected chi connectivity index (χ1v) is 9.67. The molecule has 7 nitrogen and oxygen atoms in total. The molecule has 0 saturated carbocycles. The van der Waals surface area contributed by atoms with Crippen molar-refractivity contribution in [3.63, 3.8) is 0 Å². The van der Waals surface area contributed by atoms with Crippen LogP contribution in [0, 0.1) is 0 Å². The highest BCUT2D eigenvalue weighted by atomic mass is 32.2. The van der Waals surface area contributed by atoms with Crippen molar-refractivity contribution in [2.45, 2.75) is 12.5 Å². The third kappa shape index (κ3) is 6.14. The summed E-state index contributed by atoms with van der Waals surface area (Å²) in [6, 6.07) is 5.26. The number of hydrogen-bond donors (Lipinski definition) is 2. The van der Waals surface area contributed by atoms with E-state index in [9.17, 15) is 10.2 Å².